The average molecular weight is 308 g/mol. The summed E-state index contributed by atoms with van der Waals surface area (Å²) in [5, 5.41) is 8.68. The predicted molar refractivity (Wildman–Crippen MR) is 76.7 cm³/mol. The van der Waals surface area contributed by atoms with Gasteiger partial charge in [-0.2, -0.15) is 0 Å². The maximum Gasteiger partial charge on any atom is 0.307 e. The van der Waals surface area contributed by atoms with Crippen LogP contribution in [0.15, 0.2) is 41.6 Å². The van der Waals surface area contributed by atoms with Crippen molar-refractivity contribution in [2.75, 3.05) is 5.75 Å². The van der Waals surface area contributed by atoms with Crippen molar-refractivity contribution in [1.29, 1.82) is 0 Å². The van der Waals surface area contributed by atoms with Crippen LogP contribution in [0.2, 0.25) is 0 Å². The van der Waals surface area contributed by atoms with Gasteiger partial charge < -0.3 is 9.67 Å². The number of hydrogen-bond donors (Lipinski definition) is 1. The third-order valence-electron chi connectivity index (χ3n) is 3.15. The molecule has 2 rings (SSSR count). The number of carboxylic acids is 1. The minimum absolute atomic E-state index is 0.0316. The molecule has 0 radical (unpaired) electrons. The summed E-state index contributed by atoms with van der Waals surface area (Å²) in [6.45, 7) is 0. The zero-order valence-electron chi connectivity index (χ0n) is 11.6. The van der Waals surface area contributed by atoms with Crippen LogP contribution in [-0.4, -0.2) is 34.8 Å². The predicted octanol–water partition coefficient (Wildman–Crippen LogP) is 1.06. The number of aryl methyl sites for hydroxylation is 2. The molecule has 1 aromatic heterocycles. The number of sulfone groups is 1. The van der Waals surface area contributed by atoms with Gasteiger partial charge in [-0.3, -0.25) is 4.79 Å². The van der Waals surface area contributed by atoms with E-state index in [2.05, 4.69) is 4.98 Å². The lowest BCUT2D eigenvalue weighted by atomic mass is 10.2. The smallest absolute Gasteiger partial charge is 0.307 e. The normalized spacial score (nSPS) is 11.5. The number of nitrogens with zero attached hydrogens (tertiary/aromatic N) is 2. The van der Waals surface area contributed by atoms with Crippen molar-refractivity contribution >= 4 is 15.8 Å². The van der Waals surface area contributed by atoms with Crippen molar-refractivity contribution in [3.63, 3.8) is 0 Å². The van der Waals surface area contributed by atoms with Crippen LogP contribution in [0.3, 0.4) is 0 Å². The third kappa shape index (κ3) is 3.91. The molecule has 112 valence electrons. The summed E-state index contributed by atoms with van der Waals surface area (Å²) in [6, 6.07) is 5.96. The highest BCUT2D eigenvalue weighted by atomic mass is 32.2. The molecule has 0 saturated carbocycles. The van der Waals surface area contributed by atoms with Gasteiger partial charge >= 0.3 is 5.97 Å². The minimum Gasteiger partial charge on any atom is -0.481 e. The highest BCUT2D eigenvalue weighted by molar-refractivity contribution is 7.91. The zero-order valence-corrected chi connectivity index (χ0v) is 12.4. The monoisotopic (exact) mass is 308 g/mol. The van der Waals surface area contributed by atoms with Crippen LogP contribution in [0.1, 0.15) is 11.4 Å². The van der Waals surface area contributed by atoms with Crippen molar-refractivity contribution in [3.8, 4) is 0 Å². The van der Waals surface area contributed by atoms with Gasteiger partial charge in [0, 0.05) is 25.9 Å². The molecule has 2 aromatic rings. The maximum atomic E-state index is 12.2. The Morgan fingerprint density at radius 3 is 2.48 bits per heavy atom. The van der Waals surface area contributed by atoms with Crippen LogP contribution in [0.4, 0.5) is 0 Å². The average Bonchev–Trinajstić information content (AvgIpc) is 2.82. The lowest BCUT2D eigenvalue weighted by Gasteiger charge is -2.06. The van der Waals surface area contributed by atoms with Crippen molar-refractivity contribution in [3.05, 3.63) is 48.0 Å². The number of imidazole rings is 1. The van der Waals surface area contributed by atoms with E-state index in [1.54, 1.807) is 17.0 Å². The molecule has 0 unspecified atom stereocenters. The second-order valence-corrected chi connectivity index (χ2v) is 6.85. The molecule has 0 atom stereocenters. The molecule has 0 spiro atoms. The van der Waals surface area contributed by atoms with Crippen molar-refractivity contribution in [2.24, 2.45) is 7.05 Å². The van der Waals surface area contributed by atoms with E-state index in [0.29, 0.717) is 17.8 Å². The largest absolute Gasteiger partial charge is 0.481 e. The highest BCUT2D eigenvalue weighted by Crippen LogP contribution is 2.14. The molecule has 0 fully saturated rings. The fraction of sp³-hybridized carbons (Fsp3) is 0.286. The second-order valence-electron chi connectivity index (χ2n) is 4.74. The Kier molecular flexibility index (Phi) is 4.42. The van der Waals surface area contributed by atoms with Crippen LogP contribution in [0.25, 0.3) is 0 Å². The Hall–Kier alpha value is -2.15. The number of carboxylic acid groups (broad SMARTS) is 1. The summed E-state index contributed by atoms with van der Waals surface area (Å²) in [5.74, 6) is -0.266. The van der Waals surface area contributed by atoms with Crippen LogP contribution < -0.4 is 0 Å². The second kappa shape index (κ2) is 6.09. The molecular weight excluding hydrogens is 292 g/mol. The van der Waals surface area contributed by atoms with Crippen LogP contribution in [0.5, 0.6) is 0 Å². The fourth-order valence-corrected chi connectivity index (χ4v) is 3.21. The quantitative estimate of drug-likeness (QED) is 0.862. The molecule has 7 heteroatoms. The lowest BCUT2D eigenvalue weighted by Crippen LogP contribution is -2.12. The van der Waals surface area contributed by atoms with Gasteiger partial charge in [0.15, 0.2) is 9.84 Å². The van der Waals surface area contributed by atoms with E-state index in [1.165, 1.54) is 24.3 Å². The van der Waals surface area contributed by atoms with Crippen molar-refractivity contribution in [1.82, 2.24) is 9.55 Å². The third-order valence-corrected chi connectivity index (χ3v) is 4.89. The number of carbonyl (C=O) groups is 1. The summed E-state index contributed by atoms with van der Waals surface area (Å²) < 4.78 is 26.2. The van der Waals surface area contributed by atoms with E-state index in [0.717, 1.165) is 0 Å². The highest BCUT2D eigenvalue weighted by Gasteiger charge is 2.16. The Bertz CT molecular complexity index is 733. The maximum absolute atomic E-state index is 12.2. The first-order valence-electron chi connectivity index (χ1n) is 6.38. The molecule has 1 heterocycles. The summed E-state index contributed by atoms with van der Waals surface area (Å²) >= 11 is 0. The zero-order chi connectivity index (χ0) is 15.5. The Morgan fingerprint density at radius 2 is 1.95 bits per heavy atom. The number of hydrogen-bond acceptors (Lipinski definition) is 4. The molecule has 0 bridgehead atoms. The summed E-state index contributed by atoms with van der Waals surface area (Å²) in [4.78, 5) is 14.9. The first-order valence-corrected chi connectivity index (χ1v) is 8.03. The van der Waals surface area contributed by atoms with Gasteiger partial charge in [-0.25, -0.2) is 13.4 Å². The van der Waals surface area contributed by atoms with E-state index in [-0.39, 0.29) is 17.1 Å². The molecule has 0 amide bonds. The molecule has 0 aliphatic carbocycles. The Labute approximate surface area is 123 Å². The molecule has 0 aliphatic heterocycles. The molecular formula is C14H16N2O4S. The molecule has 6 nitrogen and oxygen atoms in total. The standard InChI is InChI=1S/C14H16N2O4S/c1-16-8-7-15-13(16)6-9-21(19,20)12-4-2-11(3-5-12)10-14(17)18/h2-5,7-8H,6,9-10H2,1H3,(H,17,18). The van der Waals surface area contributed by atoms with E-state index < -0.39 is 15.8 Å². The number of benzene rings is 1. The van der Waals surface area contributed by atoms with Crippen LogP contribution in [-0.2, 0) is 34.5 Å². The van der Waals surface area contributed by atoms with Crippen molar-refractivity contribution < 1.29 is 18.3 Å². The Balaban J connectivity index is 2.08. The number of rotatable bonds is 6. The van der Waals surface area contributed by atoms with Gasteiger partial charge in [-0.05, 0) is 17.7 Å². The van der Waals surface area contributed by atoms with Crippen LogP contribution in [0, 0.1) is 0 Å². The molecule has 1 aromatic carbocycles. The van der Waals surface area contributed by atoms with Gasteiger partial charge in [-0.15, -0.1) is 0 Å². The van der Waals surface area contributed by atoms with Gasteiger partial charge in [-0.1, -0.05) is 12.1 Å². The number of aliphatic carboxylic acids is 1. The summed E-state index contributed by atoms with van der Waals surface area (Å²) in [5.41, 5.74) is 0.575. The minimum atomic E-state index is -3.40. The molecule has 21 heavy (non-hydrogen) atoms. The van der Waals surface area contributed by atoms with Gasteiger partial charge in [0.2, 0.25) is 0 Å². The summed E-state index contributed by atoms with van der Waals surface area (Å²) in [6.07, 6.45) is 3.61. The van der Waals surface area contributed by atoms with Crippen molar-refractivity contribution in [2.45, 2.75) is 17.7 Å². The molecule has 0 aliphatic rings. The number of aromatic nitrogens is 2. The first-order chi connectivity index (χ1) is 9.88. The van der Waals surface area contributed by atoms with Gasteiger partial charge in [0.1, 0.15) is 5.82 Å². The SMILES string of the molecule is Cn1ccnc1CCS(=O)(=O)c1ccc(CC(=O)O)cc1. The lowest BCUT2D eigenvalue weighted by molar-refractivity contribution is -0.136. The van der Waals surface area contributed by atoms with Gasteiger partial charge in [0.25, 0.3) is 0 Å². The van der Waals surface area contributed by atoms with E-state index in [4.69, 9.17) is 5.11 Å². The topological polar surface area (TPSA) is 89.3 Å². The van der Waals surface area contributed by atoms with E-state index >= 15 is 0 Å². The Morgan fingerprint density at radius 1 is 1.29 bits per heavy atom. The molecule has 1 N–H and O–H groups in total. The first kappa shape index (κ1) is 15.2. The molecule has 0 saturated heterocycles. The fourth-order valence-electron chi connectivity index (χ4n) is 1.97. The van der Waals surface area contributed by atoms with Crippen LogP contribution >= 0.6 is 0 Å². The van der Waals surface area contributed by atoms with Gasteiger partial charge in [0.05, 0.1) is 17.1 Å². The van der Waals surface area contributed by atoms with E-state index in [1.807, 2.05) is 7.05 Å². The van der Waals surface area contributed by atoms with E-state index in [9.17, 15) is 13.2 Å². The summed E-state index contributed by atoms with van der Waals surface area (Å²) in [7, 11) is -1.58.